The summed E-state index contributed by atoms with van der Waals surface area (Å²) in [6.07, 6.45) is 2.42. The monoisotopic (exact) mass is 296 g/mol. The second kappa shape index (κ2) is 6.74. The van der Waals surface area contributed by atoms with Gasteiger partial charge in [-0.3, -0.25) is 0 Å². The average molecular weight is 296 g/mol. The van der Waals surface area contributed by atoms with Gasteiger partial charge in [0, 0.05) is 12.2 Å². The zero-order chi connectivity index (χ0) is 14.4. The van der Waals surface area contributed by atoms with Gasteiger partial charge in [-0.05, 0) is 37.3 Å². The zero-order valence-electron chi connectivity index (χ0n) is 11.3. The Morgan fingerprint density at radius 3 is 2.65 bits per heavy atom. The second-order valence-corrected chi connectivity index (χ2v) is 7.39. The number of benzene rings is 1. The van der Waals surface area contributed by atoms with Gasteiger partial charge in [-0.1, -0.05) is 18.2 Å². The Morgan fingerprint density at radius 1 is 1.25 bits per heavy atom. The Labute approximate surface area is 119 Å². The summed E-state index contributed by atoms with van der Waals surface area (Å²) in [7, 11) is -2.79. The molecule has 5 nitrogen and oxygen atoms in total. The van der Waals surface area contributed by atoms with Gasteiger partial charge in [0.05, 0.1) is 11.5 Å². The van der Waals surface area contributed by atoms with Crippen LogP contribution in [0.2, 0.25) is 0 Å². The van der Waals surface area contributed by atoms with Crippen LogP contribution in [0.3, 0.4) is 0 Å². The molecule has 6 heteroatoms. The Hall–Kier alpha value is -1.56. The number of urea groups is 1. The van der Waals surface area contributed by atoms with Crippen LogP contribution in [0.15, 0.2) is 30.3 Å². The highest BCUT2D eigenvalue weighted by Gasteiger charge is 2.27. The predicted molar refractivity (Wildman–Crippen MR) is 79.5 cm³/mol. The number of rotatable bonds is 5. The molecule has 1 aliphatic rings. The van der Waals surface area contributed by atoms with Crippen LogP contribution in [0.4, 0.5) is 10.5 Å². The molecule has 1 heterocycles. The van der Waals surface area contributed by atoms with E-state index in [0.29, 0.717) is 18.1 Å². The Kier molecular flexibility index (Phi) is 5.00. The summed E-state index contributed by atoms with van der Waals surface area (Å²) in [5, 5.41) is 5.51. The van der Waals surface area contributed by atoms with E-state index in [4.69, 9.17) is 0 Å². The summed E-state index contributed by atoms with van der Waals surface area (Å²) in [5.41, 5.74) is 0.756. The van der Waals surface area contributed by atoms with Gasteiger partial charge in [0.2, 0.25) is 0 Å². The highest BCUT2D eigenvalue weighted by atomic mass is 32.2. The Bertz CT molecular complexity index is 543. The van der Waals surface area contributed by atoms with Crippen molar-refractivity contribution in [1.82, 2.24) is 5.32 Å². The highest BCUT2D eigenvalue weighted by Crippen LogP contribution is 2.22. The van der Waals surface area contributed by atoms with Crippen molar-refractivity contribution >= 4 is 21.6 Å². The molecule has 20 heavy (non-hydrogen) atoms. The van der Waals surface area contributed by atoms with E-state index in [2.05, 4.69) is 10.6 Å². The second-order valence-electron chi connectivity index (χ2n) is 5.16. The van der Waals surface area contributed by atoms with E-state index < -0.39 is 9.84 Å². The van der Waals surface area contributed by atoms with Crippen molar-refractivity contribution in [3.63, 3.8) is 0 Å². The van der Waals surface area contributed by atoms with Crippen LogP contribution in [-0.4, -0.2) is 32.5 Å². The normalized spacial score (nSPS) is 20.5. The van der Waals surface area contributed by atoms with E-state index in [-0.39, 0.29) is 11.9 Å². The summed E-state index contributed by atoms with van der Waals surface area (Å²) in [6.45, 7) is 0.565. The van der Waals surface area contributed by atoms with E-state index in [0.717, 1.165) is 24.9 Å². The fraction of sp³-hybridized carbons (Fsp3) is 0.500. The van der Waals surface area contributed by atoms with Crippen molar-refractivity contribution in [1.29, 1.82) is 0 Å². The lowest BCUT2D eigenvalue weighted by Crippen LogP contribution is -2.29. The summed E-state index contributed by atoms with van der Waals surface area (Å²) < 4.78 is 22.6. The molecular formula is C14H20N2O3S. The van der Waals surface area contributed by atoms with E-state index in [1.54, 1.807) is 0 Å². The quantitative estimate of drug-likeness (QED) is 0.816. The molecule has 0 bridgehead atoms. The maximum Gasteiger partial charge on any atom is 0.319 e. The molecule has 0 radical (unpaired) electrons. The first-order valence-corrected chi connectivity index (χ1v) is 8.68. The maximum atomic E-state index is 11.6. The fourth-order valence-corrected chi connectivity index (χ4v) is 4.30. The number of hydrogen-bond donors (Lipinski definition) is 2. The molecule has 1 aromatic carbocycles. The molecule has 2 N–H and O–H groups in total. The molecule has 0 aliphatic carbocycles. The van der Waals surface area contributed by atoms with E-state index >= 15 is 0 Å². The number of carbonyl (C=O) groups excluding carboxylic acids is 1. The topological polar surface area (TPSA) is 75.3 Å². The van der Waals surface area contributed by atoms with Crippen LogP contribution in [-0.2, 0) is 9.84 Å². The molecule has 0 saturated carbocycles. The lowest BCUT2D eigenvalue weighted by atomic mass is 10.0. The molecule has 1 aliphatic heterocycles. The molecular weight excluding hydrogens is 276 g/mol. The largest absolute Gasteiger partial charge is 0.338 e. The number of amides is 2. The first-order chi connectivity index (χ1) is 9.55. The first kappa shape index (κ1) is 14.8. The molecule has 1 atom stereocenters. The smallest absolute Gasteiger partial charge is 0.319 e. The van der Waals surface area contributed by atoms with Crippen molar-refractivity contribution in [3.8, 4) is 0 Å². The van der Waals surface area contributed by atoms with Crippen molar-refractivity contribution in [2.45, 2.75) is 19.3 Å². The van der Waals surface area contributed by atoms with Crippen molar-refractivity contribution in [2.75, 3.05) is 23.4 Å². The van der Waals surface area contributed by atoms with E-state index in [1.807, 2.05) is 30.3 Å². The van der Waals surface area contributed by atoms with Gasteiger partial charge in [0.15, 0.2) is 9.84 Å². The number of para-hydroxylation sites is 1. The maximum absolute atomic E-state index is 11.6. The number of nitrogens with one attached hydrogen (secondary N) is 2. The highest BCUT2D eigenvalue weighted by molar-refractivity contribution is 7.91. The molecule has 110 valence electrons. The van der Waals surface area contributed by atoms with Crippen molar-refractivity contribution in [3.05, 3.63) is 30.3 Å². The van der Waals surface area contributed by atoms with E-state index in [9.17, 15) is 13.2 Å². The molecule has 1 unspecified atom stereocenters. The van der Waals surface area contributed by atoms with Crippen LogP contribution in [0.5, 0.6) is 0 Å². The number of anilines is 1. The summed E-state index contributed by atoms with van der Waals surface area (Å²) in [5.74, 6) is 0.891. The third-order valence-corrected chi connectivity index (χ3v) is 5.27. The average Bonchev–Trinajstić information content (AvgIpc) is 2.75. The van der Waals surface area contributed by atoms with Gasteiger partial charge in [0.1, 0.15) is 0 Å². The Morgan fingerprint density at radius 2 is 2.00 bits per heavy atom. The van der Waals surface area contributed by atoms with Crippen LogP contribution in [0.25, 0.3) is 0 Å². The zero-order valence-corrected chi connectivity index (χ0v) is 12.2. The lowest BCUT2D eigenvalue weighted by Gasteiger charge is -2.09. The number of sulfone groups is 1. The van der Waals surface area contributed by atoms with Gasteiger partial charge in [-0.15, -0.1) is 0 Å². The number of carbonyl (C=O) groups is 1. The van der Waals surface area contributed by atoms with Gasteiger partial charge >= 0.3 is 6.03 Å². The minimum Gasteiger partial charge on any atom is -0.338 e. The van der Waals surface area contributed by atoms with Gasteiger partial charge in [0.25, 0.3) is 0 Å². The SMILES string of the molecule is O=C(NCCCC1CCS(=O)(=O)C1)Nc1ccccc1. The minimum atomic E-state index is -2.79. The molecule has 1 aromatic rings. The van der Waals surface area contributed by atoms with Gasteiger partial charge < -0.3 is 10.6 Å². The molecule has 2 rings (SSSR count). The van der Waals surface area contributed by atoms with E-state index in [1.165, 1.54) is 0 Å². The summed E-state index contributed by atoms with van der Waals surface area (Å²) in [6, 6.07) is 9.02. The standard InChI is InChI=1S/C14H20N2O3S/c17-14(16-13-6-2-1-3-7-13)15-9-4-5-12-8-10-20(18,19)11-12/h1-3,6-7,12H,4-5,8-11H2,(H2,15,16,17). The third kappa shape index (κ3) is 4.85. The van der Waals surface area contributed by atoms with Crippen LogP contribution in [0, 0.1) is 5.92 Å². The molecule has 1 fully saturated rings. The molecule has 0 aromatic heterocycles. The summed E-state index contributed by atoms with van der Waals surface area (Å²) in [4.78, 5) is 11.6. The lowest BCUT2D eigenvalue weighted by molar-refractivity contribution is 0.251. The summed E-state index contributed by atoms with van der Waals surface area (Å²) >= 11 is 0. The van der Waals surface area contributed by atoms with Crippen molar-refractivity contribution in [2.24, 2.45) is 5.92 Å². The van der Waals surface area contributed by atoms with Gasteiger partial charge in [-0.25, -0.2) is 13.2 Å². The third-order valence-electron chi connectivity index (χ3n) is 3.43. The molecule has 1 saturated heterocycles. The van der Waals surface area contributed by atoms with Crippen LogP contribution in [0.1, 0.15) is 19.3 Å². The number of hydrogen-bond acceptors (Lipinski definition) is 3. The molecule has 2 amide bonds. The molecule has 0 spiro atoms. The van der Waals surface area contributed by atoms with Crippen LogP contribution < -0.4 is 10.6 Å². The van der Waals surface area contributed by atoms with Gasteiger partial charge in [-0.2, -0.15) is 0 Å². The fourth-order valence-electron chi connectivity index (χ4n) is 2.39. The van der Waals surface area contributed by atoms with Crippen molar-refractivity contribution < 1.29 is 13.2 Å². The van der Waals surface area contributed by atoms with Crippen LogP contribution >= 0.6 is 0 Å². The Balaban J connectivity index is 1.60. The first-order valence-electron chi connectivity index (χ1n) is 6.85. The predicted octanol–water partition coefficient (Wildman–Crippen LogP) is 2.02. The minimum absolute atomic E-state index is 0.227.